The lowest BCUT2D eigenvalue weighted by Gasteiger charge is -2.21. The molecule has 140 valence electrons. The van der Waals surface area contributed by atoms with Crippen molar-refractivity contribution in [2.45, 2.75) is 32.4 Å². The molecular formula is C20H28N2O3Si. The molecule has 1 unspecified atom stereocenters. The van der Waals surface area contributed by atoms with Crippen LogP contribution >= 0.6 is 0 Å². The second-order valence-corrected chi connectivity index (χ2v) is 11.2. The molecule has 1 fully saturated rings. The molecule has 1 aliphatic carbocycles. The molecular weight excluding hydrogens is 344 g/mol. The Labute approximate surface area is 155 Å². The number of hydrogen-bond donors (Lipinski definition) is 2. The molecule has 2 aromatic rings. The van der Waals surface area contributed by atoms with Gasteiger partial charge < -0.3 is 19.4 Å². The molecule has 1 aromatic heterocycles. The maximum atomic E-state index is 12.2. The number of anilines is 1. The van der Waals surface area contributed by atoms with E-state index in [1.807, 2.05) is 43.9 Å². The van der Waals surface area contributed by atoms with Crippen LogP contribution in [0, 0.1) is 5.92 Å². The Kier molecular flexibility index (Phi) is 5.25. The summed E-state index contributed by atoms with van der Waals surface area (Å²) < 4.78 is 7.66. The van der Waals surface area contributed by atoms with Gasteiger partial charge in [-0.3, -0.25) is 4.79 Å². The molecule has 0 amide bonds. The molecule has 1 atom stereocenters. The van der Waals surface area contributed by atoms with Gasteiger partial charge in [-0.1, -0.05) is 13.0 Å². The molecule has 2 N–H and O–H groups in total. The zero-order valence-corrected chi connectivity index (χ0v) is 17.0. The van der Waals surface area contributed by atoms with Gasteiger partial charge in [0.05, 0.1) is 6.61 Å². The van der Waals surface area contributed by atoms with Crippen LogP contribution in [0.4, 0.5) is 5.69 Å². The van der Waals surface area contributed by atoms with Crippen LogP contribution in [0.5, 0.6) is 5.75 Å². The van der Waals surface area contributed by atoms with Crippen LogP contribution in [-0.4, -0.2) is 31.3 Å². The second kappa shape index (κ2) is 7.29. The summed E-state index contributed by atoms with van der Waals surface area (Å²) >= 11 is 0. The Morgan fingerprint density at radius 3 is 2.69 bits per heavy atom. The second-order valence-electron chi connectivity index (χ2n) is 7.40. The van der Waals surface area contributed by atoms with E-state index in [4.69, 9.17) is 4.74 Å². The fourth-order valence-electron chi connectivity index (χ4n) is 2.95. The summed E-state index contributed by atoms with van der Waals surface area (Å²) in [4.78, 5) is 23.0. The van der Waals surface area contributed by atoms with Gasteiger partial charge in [-0.2, -0.15) is 0 Å². The maximum absolute atomic E-state index is 12.2. The van der Waals surface area contributed by atoms with Crippen molar-refractivity contribution in [3.05, 3.63) is 40.8 Å². The molecule has 1 saturated carbocycles. The molecule has 6 heteroatoms. The number of ether oxygens (including phenoxy) is 1. The fraction of sp³-hybridized carbons (Fsp3) is 0.450. The van der Waals surface area contributed by atoms with E-state index < -0.39 is 8.32 Å². The zero-order valence-electron chi connectivity index (χ0n) is 16.0. The lowest BCUT2D eigenvalue weighted by molar-refractivity contribution is 0.301. The summed E-state index contributed by atoms with van der Waals surface area (Å²) in [5, 5.41) is 3.95. The molecule has 1 aromatic carbocycles. The van der Waals surface area contributed by atoms with Crippen LogP contribution in [0.15, 0.2) is 35.3 Å². The lowest BCUT2D eigenvalue weighted by Crippen LogP contribution is -2.44. The standard InChI is InChI=1S/C20H28N2O3Si/c1-5-26(4,24)16-8-9-19(25-13-14-6-7-14)17(11-16)15-10-18(21-2)20(23)22(3)12-15/h8-12,14,21,24H,5-7,13H2,1-4H3. The molecule has 0 bridgehead atoms. The number of benzene rings is 1. The topological polar surface area (TPSA) is 63.5 Å². The van der Waals surface area contributed by atoms with Crippen LogP contribution in [0.2, 0.25) is 12.6 Å². The van der Waals surface area contributed by atoms with Gasteiger partial charge >= 0.3 is 0 Å². The average Bonchev–Trinajstić information content (AvgIpc) is 3.46. The highest BCUT2D eigenvalue weighted by Gasteiger charge is 2.27. The van der Waals surface area contributed by atoms with E-state index in [1.54, 1.807) is 18.7 Å². The predicted molar refractivity (Wildman–Crippen MR) is 109 cm³/mol. The summed E-state index contributed by atoms with van der Waals surface area (Å²) in [5.41, 5.74) is 2.31. The first-order valence-corrected chi connectivity index (χ1v) is 11.9. The molecule has 5 nitrogen and oxygen atoms in total. The van der Waals surface area contributed by atoms with E-state index in [1.165, 1.54) is 12.8 Å². The Hall–Kier alpha value is -2.05. The Morgan fingerprint density at radius 2 is 2.08 bits per heavy atom. The van der Waals surface area contributed by atoms with Gasteiger partial charge in [0.15, 0.2) is 0 Å². The summed E-state index contributed by atoms with van der Waals surface area (Å²) in [6.07, 6.45) is 4.29. The van der Waals surface area contributed by atoms with Crippen molar-refractivity contribution in [2.24, 2.45) is 13.0 Å². The molecule has 1 aliphatic rings. The quantitative estimate of drug-likeness (QED) is 0.734. The van der Waals surface area contributed by atoms with Crippen LogP contribution in [0.3, 0.4) is 0 Å². The minimum atomic E-state index is -2.46. The summed E-state index contributed by atoms with van der Waals surface area (Å²) in [6, 6.07) is 8.60. The maximum Gasteiger partial charge on any atom is 0.273 e. The monoisotopic (exact) mass is 372 g/mol. The third-order valence-electron chi connectivity index (χ3n) is 5.23. The number of nitrogens with zero attached hydrogens (tertiary/aromatic N) is 1. The van der Waals surface area contributed by atoms with E-state index >= 15 is 0 Å². The molecule has 0 spiro atoms. The van der Waals surface area contributed by atoms with Gasteiger partial charge in [-0.25, -0.2) is 0 Å². The van der Waals surface area contributed by atoms with Gasteiger partial charge in [0.1, 0.15) is 11.4 Å². The molecule has 1 heterocycles. The zero-order chi connectivity index (χ0) is 18.9. The van der Waals surface area contributed by atoms with Gasteiger partial charge in [0, 0.05) is 31.4 Å². The third-order valence-corrected chi connectivity index (χ3v) is 8.16. The summed E-state index contributed by atoms with van der Waals surface area (Å²) in [5.74, 6) is 1.46. The first-order chi connectivity index (χ1) is 12.4. The van der Waals surface area contributed by atoms with Crippen molar-refractivity contribution < 1.29 is 9.53 Å². The Balaban J connectivity index is 2.10. The first kappa shape index (κ1) is 18.7. The van der Waals surface area contributed by atoms with Crippen molar-refractivity contribution in [1.82, 2.24) is 4.57 Å². The summed E-state index contributed by atoms with van der Waals surface area (Å²) in [6.45, 7) is 4.70. The first-order valence-electron chi connectivity index (χ1n) is 9.24. The van der Waals surface area contributed by atoms with E-state index in [0.29, 0.717) is 11.6 Å². The van der Waals surface area contributed by atoms with Crippen molar-refractivity contribution in [3.8, 4) is 16.9 Å². The smallest absolute Gasteiger partial charge is 0.273 e. The fourth-order valence-corrected chi connectivity index (χ4v) is 4.26. The number of hydrogen-bond acceptors (Lipinski definition) is 4. The van der Waals surface area contributed by atoms with Gasteiger partial charge in [-0.05, 0) is 54.7 Å². The largest absolute Gasteiger partial charge is 0.493 e. The molecule has 26 heavy (non-hydrogen) atoms. The van der Waals surface area contributed by atoms with Crippen LogP contribution in [0.1, 0.15) is 19.8 Å². The van der Waals surface area contributed by atoms with E-state index in [0.717, 1.165) is 34.7 Å². The number of rotatable bonds is 7. The van der Waals surface area contributed by atoms with Gasteiger partial charge in [-0.15, -0.1) is 0 Å². The van der Waals surface area contributed by atoms with Gasteiger partial charge in [0.25, 0.3) is 5.56 Å². The minimum Gasteiger partial charge on any atom is -0.493 e. The van der Waals surface area contributed by atoms with Crippen molar-refractivity contribution in [3.63, 3.8) is 0 Å². The SMILES string of the molecule is CC[Si](C)(O)c1ccc(OCC2CC2)c(-c2cc(NC)c(=O)n(C)c2)c1. The van der Waals surface area contributed by atoms with Crippen LogP contribution in [-0.2, 0) is 7.05 Å². The highest BCUT2D eigenvalue weighted by atomic mass is 28.4. The third kappa shape index (κ3) is 3.86. The van der Waals surface area contributed by atoms with Crippen molar-refractivity contribution in [2.75, 3.05) is 19.0 Å². The number of aryl methyl sites for hydroxylation is 1. The van der Waals surface area contributed by atoms with Crippen LogP contribution in [0.25, 0.3) is 11.1 Å². The molecule has 0 aliphatic heterocycles. The summed E-state index contributed by atoms with van der Waals surface area (Å²) in [7, 11) is 1.04. The van der Waals surface area contributed by atoms with E-state index in [9.17, 15) is 9.59 Å². The highest BCUT2D eigenvalue weighted by Crippen LogP contribution is 2.34. The minimum absolute atomic E-state index is 0.0669. The lowest BCUT2D eigenvalue weighted by atomic mass is 10.1. The highest BCUT2D eigenvalue weighted by molar-refractivity contribution is 6.84. The number of aromatic nitrogens is 1. The van der Waals surface area contributed by atoms with Crippen LogP contribution < -0.4 is 20.8 Å². The molecule has 0 saturated heterocycles. The number of nitrogens with one attached hydrogen (secondary N) is 1. The van der Waals surface area contributed by atoms with E-state index in [-0.39, 0.29) is 5.56 Å². The Bertz CT molecular complexity index is 857. The molecule has 0 radical (unpaired) electrons. The van der Waals surface area contributed by atoms with Gasteiger partial charge in [0.2, 0.25) is 8.32 Å². The normalized spacial score (nSPS) is 16.2. The molecule has 3 rings (SSSR count). The van der Waals surface area contributed by atoms with E-state index in [2.05, 4.69) is 5.32 Å². The van der Waals surface area contributed by atoms with Crippen molar-refractivity contribution >= 4 is 19.2 Å². The van der Waals surface area contributed by atoms with Crippen molar-refractivity contribution in [1.29, 1.82) is 0 Å². The number of pyridine rings is 1. The average molecular weight is 373 g/mol. The Morgan fingerprint density at radius 1 is 1.35 bits per heavy atom. The predicted octanol–water partition coefficient (Wildman–Crippen LogP) is 2.68.